The maximum absolute atomic E-state index is 12.7. The highest BCUT2D eigenvalue weighted by atomic mass is 16.6. The number of carbonyl (C=O) groups excluding carboxylic acids is 2. The Morgan fingerprint density at radius 1 is 0.939 bits per heavy atom. The van der Waals surface area contributed by atoms with Gasteiger partial charge in [0.15, 0.2) is 5.96 Å². The number of anilines is 1. The van der Waals surface area contributed by atoms with Crippen molar-refractivity contribution < 1.29 is 14.5 Å². The Morgan fingerprint density at radius 3 is 2.24 bits per heavy atom. The van der Waals surface area contributed by atoms with E-state index in [0.29, 0.717) is 22.3 Å². The van der Waals surface area contributed by atoms with Crippen molar-refractivity contribution in [2.45, 2.75) is 0 Å². The highest BCUT2D eigenvalue weighted by Crippen LogP contribution is 2.23. The summed E-state index contributed by atoms with van der Waals surface area (Å²) in [5.41, 5.74) is 12.9. The van der Waals surface area contributed by atoms with Crippen LogP contribution in [0.25, 0.3) is 21.8 Å². The van der Waals surface area contributed by atoms with Crippen molar-refractivity contribution >= 4 is 51.0 Å². The van der Waals surface area contributed by atoms with Crippen LogP contribution in [0.15, 0.2) is 53.5 Å². The molecule has 0 aliphatic carbocycles. The normalized spacial score (nSPS) is 10.8. The lowest BCUT2D eigenvalue weighted by Crippen LogP contribution is -2.28. The van der Waals surface area contributed by atoms with Gasteiger partial charge in [-0.25, -0.2) is 0 Å². The molecule has 2 aromatic carbocycles. The SMILES string of the molecule is NC(N)=NCCNC(=O)c1cc2cc(NC(=O)c3cc4cc([N+](=O)[O-])ccc4[nH]3)ccc2[nH]1. The summed E-state index contributed by atoms with van der Waals surface area (Å²) in [4.78, 5) is 45.2. The summed E-state index contributed by atoms with van der Waals surface area (Å²) in [6.07, 6.45) is 0. The van der Waals surface area contributed by atoms with Gasteiger partial charge in [0.25, 0.3) is 17.5 Å². The van der Waals surface area contributed by atoms with Gasteiger partial charge in [-0.2, -0.15) is 0 Å². The van der Waals surface area contributed by atoms with Crippen LogP contribution in [0, 0.1) is 10.1 Å². The summed E-state index contributed by atoms with van der Waals surface area (Å²) < 4.78 is 0. The van der Waals surface area contributed by atoms with Gasteiger partial charge in [-0.05, 0) is 36.4 Å². The first-order valence-electron chi connectivity index (χ1n) is 9.85. The number of benzene rings is 2. The molecule has 0 saturated carbocycles. The highest BCUT2D eigenvalue weighted by Gasteiger charge is 2.14. The van der Waals surface area contributed by atoms with Gasteiger partial charge in [0.1, 0.15) is 11.4 Å². The van der Waals surface area contributed by atoms with E-state index < -0.39 is 10.8 Å². The Balaban J connectivity index is 1.47. The topological polar surface area (TPSA) is 197 Å². The first-order valence-corrected chi connectivity index (χ1v) is 9.85. The minimum atomic E-state index is -0.489. The van der Waals surface area contributed by atoms with E-state index >= 15 is 0 Å². The Hall–Kier alpha value is -4.87. The summed E-state index contributed by atoms with van der Waals surface area (Å²) in [6.45, 7) is 0.548. The van der Waals surface area contributed by atoms with E-state index in [2.05, 4.69) is 25.6 Å². The molecular weight excluding hydrogens is 428 g/mol. The third-order valence-electron chi connectivity index (χ3n) is 4.87. The molecule has 168 valence electrons. The minimum Gasteiger partial charge on any atom is -0.370 e. The van der Waals surface area contributed by atoms with Crippen molar-refractivity contribution in [3.63, 3.8) is 0 Å². The van der Waals surface area contributed by atoms with Gasteiger partial charge in [0.05, 0.1) is 11.5 Å². The molecule has 2 amide bonds. The molecule has 0 unspecified atom stereocenters. The molecular formula is C21H20N8O4. The number of aromatic nitrogens is 2. The van der Waals surface area contributed by atoms with Crippen LogP contribution in [0.1, 0.15) is 21.0 Å². The fourth-order valence-electron chi connectivity index (χ4n) is 3.34. The quantitative estimate of drug-likeness (QED) is 0.0819. The standard InChI is InChI=1S/C21H20N8O4/c22-21(23)25-6-5-24-19(30)17-9-11-7-13(1-3-15(11)27-17)26-20(31)18-10-12-8-14(29(32)33)2-4-16(12)28-18/h1-4,7-10,27-28H,5-6H2,(H,24,30)(H,26,31)(H4,22,23,25). The minimum absolute atomic E-state index is 0.0433. The van der Waals surface area contributed by atoms with Gasteiger partial charge >= 0.3 is 0 Å². The number of hydrogen-bond acceptors (Lipinski definition) is 5. The Labute approximate surface area is 186 Å². The van der Waals surface area contributed by atoms with Crippen molar-refractivity contribution in [2.75, 3.05) is 18.4 Å². The zero-order valence-electron chi connectivity index (χ0n) is 17.2. The molecule has 4 rings (SSSR count). The van der Waals surface area contributed by atoms with Gasteiger partial charge in [-0.15, -0.1) is 0 Å². The second-order valence-corrected chi connectivity index (χ2v) is 7.21. The number of nitrogens with zero attached hydrogens (tertiary/aromatic N) is 2. The second kappa shape index (κ2) is 8.70. The zero-order valence-corrected chi connectivity index (χ0v) is 17.2. The first-order chi connectivity index (χ1) is 15.8. The van der Waals surface area contributed by atoms with Crippen molar-refractivity contribution in [2.24, 2.45) is 16.5 Å². The van der Waals surface area contributed by atoms with E-state index in [1.165, 1.54) is 12.1 Å². The largest absolute Gasteiger partial charge is 0.370 e. The number of nitro groups is 1. The van der Waals surface area contributed by atoms with E-state index in [9.17, 15) is 19.7 Å². The zero-order chi connectivity index (χ0) is 23.5. The van der Waals surface area contributed by atoms with Gasteiger partial charge < -0.3 is 32.1 Å². The van der Waals surface area contributed by atoms with E-state index in [1.807, 2.05) is 0 Å². The molecule has 8 N–H and O–H groups in total. The van der Waals surface area contributed by atoms with E-state index in [0.717, 1.165) is 10.9 Å². The molecule has 0 radical (unpaired) electrons. The summed E-state index contributed by atoms with van der Waals surface area (Å²) in [5, 5.41) is 17.7. The lowest BCUT2D eigenvalue weighted by molar-refractivity contribution is -0.384. The average molecular weight is 448 g/mol. The molecule has 0 aliphatic heterocycles. The van der Waals surface area contributed by atoms with Crippen molar-refractivity contribution in [3.05, 3.63) is 70.0 Å². The number of guanidine groups is 1. The Kier molecular flexibility index (Phi) is 5.64. The molecule has 0 saturated heterocycles. The van der Waals surface area contributed by atoms with Crippen LogP contribution in [-0.2, 0) is 0 Å². The predicted molar refractivity (Wildman–Crippen MR) is 124 cm³/mol. The molecule has 33 heavy (non-hydrogen) atoms. The summed E-state index contributed by atoms with van der Waals surface area (Å²) >= 11 is 0. The first kappa shape index (κ1) is 21.4. The van der Waals surface area contributed by atoms with Gasteiger partial charge in [-0.3, -0.25) is 24.7 Å². The number of amides is 2. The number of H-pyrrole nitrogens is 2. The van der Waals surface area contributed by atoms with Crippen molar-refractivity contribution in [1.82, 2.24) is 15.3 Å². The van der Waals surface area contributed by atoms with Crippen LogP contribution >= 0.6 is 0 Å². The number of aliphatic imine (C=N–C) groups is 1. The van der Waals surface area contributed by atoms with Crippen molar-refractivity contribution in [1.29, 1.82) is 0 Å². The van der Waals surface area contributed by atoms with Crippen LogP contribution in [0.4, 0.5) is 11.4 Å². The van der Waals surface area contributed by atoms with Crippen LogP contribution in [-0.4, -0.2) is 45.8 Å². The number of aromatic amines is 2. The maximum atomic E-state index is 12.7. The van der Waals surface area contributed by atoms with E-state index in [-0.39, 0.29) is 36.3 Å². The third-order valence-corrected chi connectivity index (χ3v) is 4.87. The number of rotatable bonds is 7. The fourth-order valence-corrected chi connectivity index (χ4v) is 3.34. The predicted octanol–water partition coefficient (Wildman–Crippen LogP) is 1.81. The molecule has 0 spiro atoms. The second-order valence-electron chi connectivity index (χ2n) is 7.21. The molecule has 0 bridgehead atoms. The van der Waals surface area contributed by atoms with Gasteiger partial charge in [0.2, 0.25) is 0 Å². The van der Waals surface area contributed by atoms with E-state index in [4.69, 9.17) is 11.5 Å². The third kappa shape index (κ3) is 4.74. The number of hydrogen-bond donors (Lipinski definition) is 6. The summed E-state index contributed by atoms with van der Waals surface area (Å²) in [7, 11) is 0. The lowest BCUT2D eigenvalue weighted by Gasteiger charge is -2.03. The number of non-ortho nitro benzene ring substituents is 1. The van der Waals surface area contributed by atoms with Gasteiger partial charge in [-0.1, -0.05) is 0 Å². The summed E-state index contributed by atoms with van der Waals surface area (Å²) in [5.74, 6) is -0.755. The monoisotopic (exact) mass is 448 g/mol. The molecule has 2 heterocycles. The molecule has 0 atom stereocenters. The van der Waals surface area contributed by atoms with Crippen molar-refractivity contribution in [3.8, 4) is 0 Å². The molecule has 12 heteroatoms. The molecule has 4 aromatic rings. The number of nitrogens with one attached hydrogen (secondary N) is 4. The smallest absolute Gasteiger partial charge is 0.272 e. The molecule has 0 fully saturated rings. The number of nitro benzene ring substituents is 1. The number of fused-ring (bicyclic) bond motifs is 2. The molecule has 0 aliphatic rings. The fraction of sp³-hybridized carbons (Fsp3) is 0.0952. The number of carbonyl (C=O) groups is 2. The van der Waals surface area contributed by atoms with Gasteiger partial charge in [0, 0.05) is 46.2 Å². The van der Waals surface area contributed by atoms with Crippen LogP contribution in [0.5, 0.6) is 0 Å². The van der Waals surface area contributed by atoms with Crippen LogP contribution < -0.4 is 22.1 Å². The Bertz CT molecular complexity index is 1410. The molecule has 12 nitrogen and oxygen atoms in total. The number of nitrogens with two attached hydrogens (primary N) is 2. The average Bonchev–Trinajstić information content (AvgIpc) is 3.39. The maximum Gasteiger partial charge on any atom is 0.272 e. The van der Waals surface area contributed by atoms with E-state index in [1.54, 1.807) is 36.4 Å². The summed E-state index contributed by atoms with van der Waals surface area (Å²) in [6, 6.07) is 12.7. The molecule has 2 aromatic heterocycles. The highest BCUT2D eigenvalue weighted by molar-refractivity contribution is 6.07. The van der Waals surface area contributed by atoms with Crippen LogP contribution in [0.3, 0.4) is 0 Å². The Morgan fingerprint density at radius 2 is 1.58 bits per heavy atom. The van der Waals surface area contributed by atoms with Crippen LogP contribution in [0.2, 0.25) is 0 Å². The lowest BCUT2D eigenvalue weighted by atomic mass is 10.2.